The number of hydrogen-bond acceptors (Lipinski definition) is 9. The second kappa shape index (κ2) is 15.2. The first-order chi connectivity index (χ1) is 6.00. The summed E-state index contributed by atoms with van der Waals surface area (Å²) in [6.45, 7) is 0. The van der Waals surface area contributed by atoms with E-state index in [2.05, 4.69) is 0 Å². The Morgan fingerprint density at radius 3 is 0.529 bits per heavy atom. The van der Waals surface area contributed by atoms with Gasteiger partial charge in [0.2, 0.25) is 0 Å². The summed E-state index contributed by atoms with van der Waals surface area (Å²) >= 11 is 5.46. The molecule has 17 heteroatoms. The molecular weight excluding hydrogens is 754 g/mol. The summed E-state index contributed by atoms with van der Waals surface area (Å²) in [6, 6.07) is 0. The van der Waals surface area contributed by atoms with Crippen molar-refractivity contribution < 1.29 is 114 Å². The fourth-order valence-electron chi connectivity index (χ4n) is 0. The fourth-order valence-corrected chi connectivity index (χ4v) is 0. The minimum absolute atomic E-state index is 0. The van der Waals surface area contributed by atoms with Crippen LogP contribution in [0.5, 0.6) is 0 Å². The summed E-state index contributed by atoms with van der Waals surface area (Å²) in [6.07, 6.45) is -13.0. The van der Waals surface area contributed by atoms with E-state index in [1.54, 1.807) is 0 Å². The zero-order valence-corrected chi connectivity index (χ0v) is 22.0. The van der Waals surface area contributed by atoms with Crippen LogP contribution in [0.15, 0.2) is 0 Å². The second-order valence-corrected chi connectivity index (χ2v) is 11.7. The van der Waals surface area contributed by atoms with Crippen LogP contribution in [0.3, 0.4) is 0 Å². The largest absolute Gasteiger partial charge is 3.00 e. The molecule has 0 fully saturated rings. The Morgan fingerprint density at radius 2 is 0.529 bits per heavy atom. The van der Waals surface area contributed by atoms with Gasteiger partial charge in [0.1, 0.15) is 0 Å². The molecule has 9 nitrogen and oxygen atoms in total. The van der Waals surface area contributed by atoms with E-state index in [0.29, 0.717) is 0 Å². The maximum absolute atomic E-state index is 9.02. The van der Waals surface area contributed by atoms with E-state index in [1.807, 2.05) is 46.5 Å². The van der Waals surface area contributed by atoms with Gasteiger partial charge in [-0.05, 0) is 0 Å². The van der Waals surface area contributed by atoms with E-state index in [9.17, 15) is 0 Å². The Balaban J connectivity index is -0.0000000400. The van der Waals surface area contributed by atoms with Crippen LogP contribution in [0.2, 0.25) is 0 Å². The maximum atomic E-state index is 9.02. The zero-order chi connectivity index (χ0) is 13.5. The van der Waals surface area contributed by atoms with Crippen LogP contribution in [-0.4, -0.2) is 0 Å². The summed E-state index contributed by atoms with van der Waals surface area (Å²) in [4.78, 5) is 54.1. The third-order valence-electron chi connectivity index (χ3n) is 0. The van der Waals surface area contributed by atoms with E-state index in [4.69, 9.17) is 43.1 Å². The van der Waals surface area contributed by atoms with Crippen molar-refractivity contribution in [3.63, 3.8) is 0 Å². The van der Waals surface area contributed by atoms with Gasteiger partial charge in [-0.1, -0.05) is 46.5 Å². The van der Waals surface area contributed by atoms with Gasteiger partial charge in [-0.25, -0.2) is 0 Å². The predicted molar refractivity (Wildman–Crippen MR) is 49.6 cm³/mol. The third kappa shape index (κ3) is 370. The molecule has 0 aromatic carbocycles. The minimum atomic E-state index is -4.33. The summed E-state index contributed by atoms with van der Waals surface area (Å²) in [5, 5.41) is 0. The van der Waals surface area contributed by atoms with Crippen LogP contribution in [0, 0.1) is 71.2 Å². The minimum Gasteiger partial charge on any atom is -0.803 e. The van der Waals surface area contributed by atoms with Crippen molar-refractivity contribution in [1.29, 1.82) is 0 Å². The van der Waals surface area contributed by atoms with Crippen molar-refractivity contribution in [1.82, 2.24) is 0 Å². The Labute approximate surface area is 176 Å². The normalized spacial score (nSPS) is 10.4. The van der Waals surface area contributed by atoms with Crippen LogP contribution in [-0.2, 0) is 13.7 Å². The molecule has 0 unspecified atom stereocenters. The van der Waals surface area contributed by atoms with Gasteiger partial charge in [0, 0.05) is 18.9 Å². The first-order valence-electron chi connectivity index (χ1n) is 2.15. The topological polar surface area (TPSA) is 190 Å². The molecule has 0 spiro atoms. The molecule has 0 aliphatic heterocycles. The van der Waals surface area contributed by atoms with Gasteiger partial charge in [0.05, 0.1) is 0 Å². The smallest absolute Gasteiger partial charge is 0.803 e. The van der Waals surface area contributed by atoms with Crippen molar-refractivity contribution in [2.45, 2.75) is 0 Å². The molecule has 0 aromatic heterocycles. The van der Waals surface area contributed by atoms with Gasteiger partial charge in [0.15, 0.2) is 0 Å². The third-order valence-corrected chi connectivity index (χ3v) is 0. The van der Waals surface area contributed by atoms with Crippen molar-refractivity contribution in [2.24, 2.45) is 0 Å². The average Bonchev–Trinajstić information content (AvgIpc) is 1.41. The van der Waals surface area contributed by atoms with Crippen LogP contribution in [0.1, 0.15) is 0 Å². The number of rotatable bonds is 0. The first kappa shape index (κ1) is 33.0. The number of hydrogen-bond donors (Lipinski definition) is 0. The SMILES string of the molecule is O=P([O-])([O-])Br.O=P([O-])([O-])Br.O=P([O-])([O-])Br.[La+3].[La+3]. The average molecular weight is 754 g/mol. The van der Waals surface area contributed by atoms with Crippen LogP contribution < -0.4 is 29.4 Å². The van der Waals surface area contributed by atoms with Crippen LogP contribution >= 0.6 is 65.4 Å². The summed E-state index contributed by atoms with van der Waals surface area (Å²) < 4.78 is 27.1. The summed E-state index contributed by atoms with van der Waals surface area (Å²) in [5.41, 5.74) is 0. The Kier molecular flexibility index (Phi) is 29.5. The Hall–Kier alpha value is 4.28. The van der Waals surface area contributed by atoms with E-state index in [0.717, 1.165) is 0 Å². The standard InChI is InChI=1S/3BrH2O3P.2La/c3*1-5(2,3)4;;/h3*(H2,2,3,4);;/q;;;2*+3/p-6. The molecule has 0 N–H and O–H groups in total. The van der Waals surface area contributed by atoms with Gasteiger partial charge >= 0.3 is 71.2 Å². The predicted octanol–water partition coefficient (Wildman–Crippen LogP) is -2.37. The molecule has 0 heterocycles. The van der Waals surface area contributed by atoms with Crippen molar-refractivity contribution >= 4 is 65.4 Å². The van der Waals surface area contributed by atoms with Gasteiger partial charge in [-0.3, -0.25) is 0 Å². The maximum Gasteiger partial charge on any atom is 3.00 e. The van der Waals surface area contributed by atoms with Crippen molar-refractivity contribution in [2.75, 3.05) is 0 Å². The van der Waals surface area contributed by atoms with E-state index in [1.165, 1.54) is 0 Å². The van der Waals surface area contributed by atoms with E-state index >= 15 is 0 Å². The molecule has 96 valence electrons. The van der Waals surface area contributed by atoms with Gasteiger partial charge < -0.3 is 43.1 Å². The van der Waals surface area contributed by atoms with E-state index < -0.39 is 18.9 Å². The summed E-state index contributed by atoms with van der Waals surface area (Å²) in [7, 11) is 0. The monoisotopic (exact) mass is 751 g/mol. The second-order valence-electron chi connectivity index (χ2n) is 1.29. The molecule has 0 aliphatic carbocycles. The van der Waals surface area contributed by atoms with E-state index in [-0.39, 0.29) is 71.2 Å². The molecule has 0 radical (unpaired) electrons. The number of halogens is 3. The molecule has 0 rings (SSSR count). The summed E-state index contributed by atoms with van der Waals surface area (Å²) in [5.74, 6) is 0. The quantitative estimate of drug-likeness (QED) is 0.244. The van der Waals surface area contributed by atoms with Crippen LogP contribution in [0.4, 0.5) is 0 Å². The Morgan fingerprint density at radius 1 is 0.529 bits per heavy atom. The zero-order valence-electron chi connectivity index (χ0n) is 7.30. The molecule has 0 saturated heterocycles. The van der Waals surface area contributed by atoms with Crippen LogP contribution in [0.25, 0.3) is 0 Å². The Bertz CT molecular complexity index is 216. The molecule has 0 aliphatic rings. The van der Waals surface area contributed by atoms with Gasteiger partial charge in [0.25, 0.3) is 0 Å². The molecule has 0 amide bonds. The molecule has 0 atom stereocenters. The van der Waals surface area contributed by atoms with Crippen molar-refractivity contribution in [3.05, 3.63) is 0 Å². The molecule has 17 heavy (non-hydrogen) atoms. The molecule has 0 bridgehead atoms. The molecule has 0 aromatic rings. The molecular formula is Br3La2O9P3. The fraction of sp³-hybridized carbons (Fsp3) is 0. The van der Waals surface area contributed by atoms with Gasteiger partial charge in [-0.2, -0.15) is 0 Å². The first-order valence-corrected chi connectivity index (χ1v) is 12.8. The van der Waals surface area contributed by atoms with Gasteiger partial charge in [-0.15, -0.1) is 0 Å². The molecule has 0 saturated carbocycles. The van der Waals surface area contributed by atoms with Crippen molar-refractivity contribution in [3.8, 4) is 0 Å².